The van der Waals surface area contributed by atoms with Gasteiger partial charge in [-0.25, -0.2) is 0 Å². The third-order valence-electron chi connectivity index (χ3n) is 9.98. The van der Waals surface area contributed by atoms with Gasteiger partial charge in [-0.3, -0.25) is 19.4 Å². The molecule has 0 bridgehead atoms. The van der Waals surface area contributed by atoms with E-state index in [1.807, 2.05) is 48.5 Å². The second kappa shape index (κ2) is 13.5. The molecular weight excluding hydrogens is 600 g/mol. The van der Waals surface area contributed by atoms with Crippen LogP contribution in [0, 0.1) is 5.92 Å². The minimum atomic E-state index is -0.619. The van der Waals surface area contributed by atoms with Crippen LogP contribution in [-0.2, 0) is 22.6 Å². The van der Waals surface area contributed by atoms with Gasteiger partial charge in [0.2, 0.25) is 0 Å². The topological polar surface area (TPSA) is 79.3 Å². The Morgan fingerprint density at radius 1 is 0.750 bits per heavy atom. The van der Waals surface area contributed by atoms with Crippen LogP contribution in [0.3, 0.4) is 0 Å². The third-order valence-corrected chi connectivity index (χ3v) is 9.98. The third kappa shape index (κ3) is 6.18. The molecule has 0 unspecified atom stereocenters. The van der Waals surface area contributed by atoms with Crippen LogP contribution in [0.25, 0.3) is 10.8 Å². The van der Waals surface area contributed by atoms with E-state index < -0.39 is 6.29 Å². The minimum absolute atomic E-state index is 0.0137. The summed E-state index contributed by atoms with van der Waals surface area (Å²) in [5, 5.41) is 12.1. The Balaban J connectivity index is 1.11. The maximum absolute atomic E-state index is 12.9. The highest BCUT2D eigenvalue weighted by atomic mass is 16.7. The molecule has 5 atom stereocenters. The SMILES string of the molecule is C[C@H]1[C@@H](CN(C)[C@H](C)c2ccc3ccccc3c2)O[C@@H](c2ccc(CN3C(=O)c4ccccc4C3=O)cc2)O[C@H]1c1ccc(CO)cc1. The van der Waals surface area contributed by atoms with E-state index in [1.165, 1.54) is 21.2 Å². The number of rotatable bonds is 9. The highest BCUT2D eigenvalue weighted by Gasteiger charge is 2.39. The van der Waals surface area contributed by atoms with E-state index >= 15 is 0 Å². The summed E-state index contributed by atoms with van der Waals surface area (Å²) in [7, 11) is 2.14. The summed E-state index contributed by atoms with van der Waals surface area (Å²) in [5.74, 6) is -0.499. The van der Waals surface area contributed by atoms with Crippen LogP contribution in [0.1, 0.15) is 80.8 Å². The van der Waals surface area contributed by atoms with Gasteiger partial charge >= 0.3 is 0 Å². The van der Waals surface area contributed by atoms with Gasteiger partial charge < -0.3 is 14.6 Å². The quantitative estimate of drug-likeness (QED) is 0.167. The van der Waals surface area contributed by atoms with E-state index in [9.17, 15) is 14.7 Å². The lowest BCUT2D eigenvalue weighted by Gasteiger charge is -2.43. The van der Waals surface area contributed by atoms with Gasteiger partial charge in [0.05, 0.1) is 36.5 Å². The predicted molar refractivity (Wildman–Crippen MR) is 185 cm³/mol. The highest BCUT2D eigenvalue weighted by molar-refractivity contribution is 6.21. The molecule has 5 aromatic carbocycles. The fraction of sp³-hybridized carbons (Fsp3) is 0.268. The van der Waals surface area contributed by atoms with Crippen molar-refractivity contribution in [3.8, 4) is 0 Å². The Hall–Kier alpha value is -4.66. The van der Waals surface area contributed by atoms with Gasteiger partial charge in [0, 0.05) is 24.1 Å². The zero-order valence-corrected chi connectivity index (χ0v) is 27.5. The monoisotopic (exact) mass is 640 g/mol. The van der Waals surface area contributed by atoms with Crippen molar-refractivity contribution in [2.75, 3.05) is 13.6 Å². The Bertz CT molecular complexity index is 1900. The van der Waals surface area contributed by atoms with Gasteiger partial charge in [0.25, 0.3) is 11.8 Å². The highest BCUT2D eigenvalue weighted by Crippen LogP contribution is 2.42. The fourth-order valence-corrected chi connectivity index (χ4v) is 6.84. The summed E-state index contributed by atoms with van der Waals surface area (Å²) in [6.07, 6.45) is -0.993. The van der Waals surface area contributed by atoms with Crippen LogP contribution in [0.2, 0.25) is 0 Å². The van der Waals surface area contributed by atoms with Crippen molar-refractivity contribution in [1.29, 1.82) is 0 Å². The first-order chi connectivity index (χ1) is 23.3. The van der Waals surface area contributed by atoms with E-state index in [2.05, 4.69) is 68.3 Å². The van der Waals surface area contributed by atoms with E-state index in [4.69, 9.17) is 9.47 Å². The molecule has 5 aromatic rings. The molecule has 2 aliphatic heterocycles. The molecule has 0 saturated carbocycles. The average Bonchev–Trinajstić information content (AvgIpc) is 3.37. The number of carbonyl (C=O) groups excluding carboxylic acids is 2. The first-order valence-electron chi connectivity index (χ1n) is 16.5. The van der Waals surface area contributed by atoms with Crippen LogP contribution >= 0.6 is 0 Å². The molecule has 1 fully saturated rings. The number of ether oxygens (including phenoxy) is 2. The summed E-state index contributed by atoms with van der Waals surface area (Å²) < 4.78 is 13.4. The number of carbonyl (C=O) groups is 2. The maximum atomic E-state index is 12.9. The largest absolute Gasteiger partial charge is 0.392 e. The molecular formula is C41H40N2O5. The van der Waals surface area contributed by atoms with Crippen molar-refractivity contribution in [3.05, 3.63) is 154 Å². The molecule has 0 radical (unpaired) electrons. The number of likely N-dealkylation sites (N-methyl/N-ethyl adjacent to an activating group) is 1. The molecule has 2 aliphatic rings. The minimum Gasteiger partial charge on any atom is -0.392 e. The van der Waals surface area contributed by atoms with Gasteiger partial charge in [-0.2, -0.15) is 0 Å². The molecule has 0 aliphatic carbocycles. The van der Waals surface area contributed by atoms with Crippen LogP contribution < -0.4 is 0 Å². The zero-order valence-electron chi connectivity index (χ0n) is 27.5. The number of aliphatic hydroxyl groups excluding tert-OH is 1. The molecule has 7 nitrogen and oxygen atoms in total. The molecule has 7 rings (SSSR count). The number of hydrogen-bond acceptors (Lipinski definition) is 6. The summed E-state index contributed by atoms with van der Waals surface area (Å²) >= 11 is 0. The van der Waals surface area contributed by atoms with E-state index in [-0.39, 0.29) is 49.1 Å². The Kier molecular flexibility index (Phi) is 8.94. The lowest BCUT2D eigenvalue weighted by molar-refractivity contribution is -0.276. The van der Waals surface area contributed by atoms with Crippen molar-refractivity contribution in [1.82, 2.24) is 9.80 Å². The number of benzene rings is 5. The van der Waals surface area contributed by atoms with Gasteiger partial charge in [0.15, 0.2) is 6.29 Å². The second-order valence-electron chi connectivity index (χ2n) is 13.0. The smallest absolute Gasteiger partial charge is 0.261 e. The van der Waals surface area contributed by atoms with Crippen molar-refractivity contribution in [2.24, 2.45) is 5.92 Å². The lowest BCUT2D eigenvalue weighted by atomic mass is 9.89. The fourth-order valence-electron chi connectivity index (χ4n) is 6.84. The first kappa shape index (κ1) is 31.9. The number of nitrogens with zero attached hydrogens (tertiary/aromatic N) is 2. The molecule has 1 saturated heterocycles. The predicted octanol–water partition coefficient (Wildman–Crippen LogP) is 7.61. The number of amides is 2. The van der Waals surface area contributed by atoms with Crippen LogP contribution in [0.5, 0.6) is 0 Å². The standard InChI is InChI=1S/C41H40N2O5/c1-26-37(24-42(3)27(2)33-21-20-30-8-4-5-9-34(30)22-33)47-41(48-38(26)31-16-14-29(25-44)15-17-31)32-18-12-28(13-19-32)23-43-39(45)35-10-6-7-11-36(35)40(43)46/h4-22,26-27,37-38,41,44H,23-25H2,1-3H3/t26-,27+,37+,38+,41+/m0/s1. The molecule has 48 heavy (non-hydrogen) atoms. The van der Waals surface area contributed by atoms with E-state index in [0.717, 1.165) is 22.3 Å². The van der Waals surface area contributed by atoms with Crippen molar-refractivity contribution in [3.63, 3.8) is 0 Å². The number of fused-ring (bicyclic) bond motifs is 2. The van der Waals surface area contributed by atoms with Gasteiger partial charge in [-0.1, -0.05) is 104 Å². The summed E-state index contributed by atoms with van der Waals surface area (Å²) in [6.45, 7) is 5.27. The lowest BCUT2D eigenvalue weighted by Crippen LogP contribution is -2.44. The normalized spacial score (nSPS) is 21.6. The van der Waals surface area contributed by atoms with Crippen LogP contribution in [0.15, 0.2) is 115 Å². The molecule has 2 heterocycles. The number of aliphatic hydroxyl groups is 1. The average molecular weight is 641 g/mol. The van der Waals surface area contributed by atoms with E-state index in [1.54, 1.807) is 24.3 Å². The molecule has 1 N–H and O–H groups in total. The summed E-state index contributed by atoms with van der Waals surface area (Å²) in [5.41, 5.74) is 5.73. The molecule has 2 amide bonds. The molecule has 0 aromatic heterocycles. The van der Waals surface area contributed by atoms with Crippen molar-refractivity contribution < 1.29 is 24.2 Å². The van der Waals surface area contributed by atoms with Crippen LogP contribution in [0.4, 0.5) is 0 Å². The Labute approximate surface area is 281 Å². The Morgan fingerprint density at radius 3 is 2.02 bits per heavy atom. The first-order valence-corrected chi connectivity index (χ1v) is 16.5. The molecule has 7 heteroatoms. The summed E-state index contributed by atoms with van der Waals surface area (Å²) in [4.78, 5) is 29.5. The van der Waals surface area contributed by atoms with Gasteiger partial charge in [-0.15, -0.1) is 0 Å². The van der Waals surface area contributed by atoms with Gasteiger partial charge in [-0.05, 0) is 65.2 Å². The number of hydrogen-bond donors (Lipinski definition) is 1. The summed E-state index contributed by atoms with van der Waals surface area (Å²) in [6, 6.07) is 37.9. The Morgan fingerprint density at radius 2 is 1.35 bits per heavy atom. The molecule has 244 valence electrons. The second-order valence-corrected chi connectivity index (χ2v) is 13.0. The molecule has 0 spiro atoms. The van der Waals surface area contributed by atoms with Crippen molar-refractivity contribution >= 4 is 22.6 Å². The zero-order chi connectivity index (χ0) is 33.4. The van der Waals surface area contributed by atoms with E-state index in [0.29, 0.717) is 17.7 Å². The van der Waals surface area contributed by atoms with Crippen LogP contribution in [-0.4, -0.2) is 46.4 Å². The van der Waals surface area contributed by atoms with Gasteiger partial charge in [0.1, 0.15) is 0 Å². The number of imide groups is 1. The van der Waals surface area contributed by atoms with Crippen molar-refractivity contribution in [2.45, 2.75) is 51.5 Å². The maximum Gasteiger partial charge on any atom is 0.261 e.